The molecule has 0 radical (unpaired) electrons. The number of amides is 1. The van der Waals surface area contributed by atoms with Crippen LogP contribution in [0.2, 0.25) is 0 Å². The lowest BCUT2D eigenvalue weighted by Gasteiger charge is -2.25. The van der Waals surface area contributed by atoms with Crippen LogP contribution in [0, 0.1) is 6.92 Å². The minimum absolute atomic E-state index is 0.0141. The van der Waals surface area contributed by atoms with Crippen LogP contribution in [0.4, 0.5) is 0 Å². The molecule has 0 spiro atoms. The van der Waals surface area contributed by atoms with Gasteiger partial charge in [-0.05, 0) is 12.5 Å². The molecule has 3 heteroatoms. The van der Waals surface area contributed by atoms with Gasteiger partial charge in [0.2, 0.25) is 5.91 Å². The molecule has 1 aromatic carbocycles. The molecule has 1 N–H and O–H groups in total. The monoisotopic (exact) mass is 253 g/mol. The second-order valence-corrected chi connectivity index (χ2v) is 5.34. The Morgan fingerprint density at radius 1 is 1.29 bits per heavy atom. The van der Waals surface area contributed by atoms with E-state index in [1.165, 1.54) is 11.1 Å². The van der Waals surface area contributed by atoms with Gasteiger partial charge in [-0.25, -0.2) is 0 Å². The smallest absolute Gasteiger partial charge is 0.221 e. The van der Waals surface area contributed by atoms with Crippen LogP contribution in [-0.4, -0.2) is 18.3 Å². The van der Waals surface area contributed by atoms with Crippen molar-refractivity contribution >= 4 is 17.5 Å². The van der Waals surface area contributed by atoms with Gasteiger partial charge in [-0.1, -0.05) is 43.7 Å². The summed E-state index contributed by atoms with van der Waals surface area (Å²) in [5, 5.41) is 2.91. The lowest BCUT2D eigenvalue weighted by atomic mass is 9.84. The Balaban J connectivity index is 2.61. The lowest BCUT2D eigenvalue weighted by molar-refractivity contribution is -0.120. The Morgan fingerprint density at radius 2 is 1.88 bits per heavy atom. The summed E-state index contributed by atoms with van der Waals surface area (Å²) in [6.45, 7) is 6.95. The zero-order valence-electron chi connectivity index (χ0n) is 10.7. The molecule has 0 saturated carbocycles. The molecule has 1 amide bonds. The Labute approximate surface area is 108 Å². The molecule has 0 aliphatic rings. The Hall–Kier alpha value is -1.02. The summed E-state index contributed by atoms with van der Waals surface area (Å²) < 4.78 is 0. The molecule has 0 bridgehead atoms. The molecular weight excluding hydrogens is 234 g/mol. The Morgan fingerprint density at radius 3 is 2.41 bits per heavy atom. The Bertz CT molecular complexity index is 370. The first kappa shape index (κ1) is 14.0. The first-order valence-electron chi connectivity index (χ1n) is 5.85. The van der Waals surface area contributed by atoms with E-state index in [4.69, 9.17) is 11.6 Å². The molecule has 0 heterocycles. The van der Waals surface area contributed by atoms with Gasteiger partial charge >= 0.3 is 0 Å². The number of hydrogen-bond acceptors (Lipinski definition) is 1. The SMILES string of the molecule is Cc1ccc(C(C)(C)CNC(=O)CCCl)cc1. The fraction of sp³-hybridized carbons (Fsp3) is 0.500. The van der Waals surface area contributed by atoms with Gasteiger partial charge in [0.05, 0.1) is 0 Å². The normalized spacial score (nSPS) is 11.3. The van der Waals surface area contributed by atoms with Crippen LogP contribution in [0.5, 0.6) is 0 Å². The van der Waals surface area contributed by atoms with E-state index < -0.39 is 0 Å². The van der Waals surface area contributed by atoms with Gasteiger partial charge < -0.3 is 5.32 Å². The minimum Gasteiger partial charge on any atom is -0.355 e. The number of benzene rings is 1. The third-order valence-electron chi connectivity index (χ3n) is 2.88. The van der Waals surface area contributed by atoms with Gasteiger partial charge in [0.25, 0.3) is 0 Å². The zero-order chi connectivity index (χ0) is 12.9. The fourth-order valence-corrected chi connectivity index (χ4v) is 1.77. The molecule has 94 valence electrons. The number of rotatable bonds is 5. The van der Waals surface area contributed by atoms with Crippen LogP contribution < -0.4 is 5.32 Å². The molecule has 1 aromatic rings. The van der Waals surface area contributed by atoms with Crippen molar-refractivity contribution < 1.29 is 4.79 Å². The van der Waals surface area contributed by atoms with Gasteiger partial charge in [-0.3, -0.25) is 4.79 Å². The largest absolute Gasteiger partial charge is 0.355 e. The highest BCUT2D eigenvalue weighted by molar-refractivity contribution is 6.18. The number of carbonyl (C=O) groups excluding carboxylic acids is 1. The fourth-order valence-electron chi connectivity index (χ4n) is 1.60. The van der Waals surface area contributed by atoms with Crippen LogP contribution in [0.25, 0.3) is 0 Å². The van der Waals surface area contributed by atoms with Crippen molar-refractivity contribution in [2.75, 3.05) is 12.4 Å². The van der Waals surface area contributed by atoms with Crippen molar-refractivity contribution in [1.82, 2.24) is 5.32 Å². The quantitative estimate of drug-likeness (QED) is 0.803. The summed E-state index contributed by atoms with van der Waals surface area (Å²) in [5.41, 5.74) is 2.42. The van der Waals surface area contributed by atoms with Crippen LogP contribution in [-0.2, 0) is 10.2 Å². The molecule has 17 heavy (non-hydrogen) atoms. The molecule has 0 saturated heterocycles. The van der Waals surface area contributed by atoms with Crippen molar-refractivity contribution in [3.8, 4) is 0 Å². The zero-order valence-corrected chi connectivity index (χ0v) is 11.5. The summed E-state index contributed by atoms with van der Waals surface area (Å²) in [6.07, 6.45) is 0.380. The summed E-state index contributed by atoms with van der Waals surface area (Å²) in [5.74, 6) is 0.386. The highest BCUT2D eigenvalue weighted by Gasteiger charge is 2.20. The van der Waals surface area contributed by atoms with E-state index >= 15 is 0 Å². The molecule has 0 fully saturated rings. The van der Waals surface area contributed by atoms with Crippen molar-refractivity contribution in [3.05, 3.63) is 35.4 Å². The van der Waals surface area contributed by atoms with Gasteiger partial charge in [0.15, 0.2) is 0 Å². The average molecular weight is 254 g/mol. The van der Waals surface area contributed by atoms with E-state index in [0.29, 0.717) is 18.8 Å². The first-order valence-corrected chi connectivity index (χ1v) is 6.39. The number of halogens is 1. The number of nitrogens with one attached hydrogen (secondary N) is 1. The van der Waals surface area contributed by atoms with Gasteiger partial charge in [-0.15, -0.1) is 11.6 Å². The van der Waals surface area contributed by atoms with E-state index in [0.717, 1.165) is 0 Å². The first-order chi connectivity index (χ1) is 7.95. The van der Waals surface area contributed by atoms with Crippen molar-refractivity contribution in [3.63, 3.8) is 0 Å². The highest BCUT2D eigenvalue weighted by atomic mass is 35.5. The summed E-state index contributed by atoms with van der Waals surface area (Å²) in [4.78, 5) is 11.4. The maximum absolute atomic E-state index is 11.4. The van der Waals surface area contributed by atoms with Crippen LogP contribution >= 0.6 is 11.6 Å². The number of alkyl halides is 1. The maximum Gasteiger partial charge on any atom is 0.221 e. The van der Waals surface area contributed by atoms with E-state index in [1.54, 1.807) is 0 Å². The minimum atomic E-state index is -0.0598. The van der Waals surface area contributed by atoms with Crippen molar-refractivity contribution in [2.24, 2.45) is 0 Å². The molecule has 1 rings (SSSR count). The summed E-state index contributed by atoms with van der Waals surface area (Å²) in [6, 6.07) is 8.42. The van der Waals surface area contributed by atoms with Gasteiger partial charge in [0.1, 0.15) is 0 Å². The second kappa shape index (κ2) is 6.06. The van der Waals surface area contributed by atoms with Crippen LogP contribution in [0.3, 0.4) is 0 Å². The van der Waals surface area contributed by atoms with Crippen molar-refractivity contribution in [1.29, 1.82) is 0 Å². The average Bonchev–Trinajstić information content (AvgIpc) is 2.28. The number of aryl methyl sites for hydroxylation is 1. The van der Waals surface area contributed by atoms with E-state index in [2.05, 4.69) is 50.4 Å². The van der Waals surface area contributed by atoms with Gasteiger partial charge in [0, 0.05) is 24.3 Å². The summed E-state index contributed by atoms with van der Waals surface area (Å²) in [7, 11) is 0. The van der Waals surface area contributed by atoms with E-state index in [1.807, 2.05) is 0 Å². The molecule has 0 unspecified atom stereocenters. The van der Waals surface area contributed by atoms with E-state index in [-0.39, 0.29) is 11.3 Å². The highest BCUT2D eigenvalue weighted by Crippen LogP contribution is 2.22. The molecule has 0 aliphatic carbocycles. The second-order valence-electron chi connectivity index (χ2n) is 4.97. The molecule has 0 aromatic heterocycles. The lowest BCUT2D eigenvalue weighted by Crippen LogP contribution is -2.36. The molecular formula is C14H20ClNO. The molecule has 0 aliphatic heterocycles. The maximum atomic E-state index is 11.4. The summed E-state index contributed by atoms with van der Waals surface area (Å²) >= 11 is 5.52. The third-order valence-corrected chi connectivity index (χ3v) is 3.07. The van der Waals surface area contributed by atoms with Gasteiger partial charge in [-0.2, -0.15) is 0 Å². The molecule has 2 nitrogen and oxygen atoms in total. The third kappa shape index (κ3) is 4.39. The topological polar surface area (TPSA) is 29.1 Å². The number of hydrogen-bond donors (Lipinski definition) is 1. The van der Waals surface area contributed by atoms with Crippen LogP contribution in [0.15, 0.2) is 24.3 Å². The number of carbonyl (C=O) groups is 1. The van der Waals surface area contributed by atoms with Crippen molar-refractivity contribution in [2.45, 2.75) is 32.6 Å². The van der Waals surface area contributed by atoms with Crippen LogP contribution in [0.1, 0.15) is 31.4 Å². The molecule has 0 atom stereocenters. The van der Waals surface area contributed by atoms with E-state index in [9.17, 15) is 4.79 Å². The predicted molar refractivity (Wildman–Crippen MR) is 72.6 cm³/mol. The predicted octanol–water partition coefficient (Wildman–Crippen LogP) is 3.02. The Kier molecular flexibility index (Phi) is 5.01. The standard InChI is InChI=1S/C14H20ClNO/c1-11-4-6-12(7-5-11)14(2,3)10-16-13(17)8-9-15/h4-7H,8-10H2,1-3H3,(H,16,17).